The fourth-order valence-corrected chi connectivity index (χ4v) is 7.34. The Bertz CT molecular complexity index is 2030. The molecule has 18 heteroatoms. The maximum absolute atomic E-state index is 13.8. The standard InChI is InChI=1S/C36H41ClN2O14S/c1-7-12-39(4)35(42)21-8-11-27(50-31-16-30(48-19(2)40)33(49-20(3)41)34(51-31)36(43)47-6)29(13-21)53-54(44,45)52-28-15-26-32(22(17-37)18-38-26)25-14-23(46-5)9-10-24(25)28/h8-11,13-15,22,30-31,33-34,38H,7,12,16-18H2,1-6H3/t22-,30-,31-,33+,34+/m1/s1. The van der Waals surface area contributed by atoms with Gasteiger partial charge in [-0.15, -0.1) is 20.0 Å². The van der Waals surface area contributed by atoms with Crippen LogP contribution in [-0.4, -0.2) is 102 Å². The van der Waals surface area contributed by atoms with Gasteiger partial charge in [-0.25, -0.2) is 4.79 Å². The number of hydrogen-bond acceptors (Lipinski definition) is 15. The Morgan fingerprint density at radius 2 is 1.67 bits per heavy atom. The molecule has 2 heterocycles. The molecule has 0 unspecified atom stereocenters. The summed E-state index contributed by atoms with van der Waals surface area (Å²) < 4.78 is 71.4. The number of methoxy groups -OCH3 is 2. The van der Waals surface area contributed by atoms with E-state index in [9.17, 15) is 27.6 Å². The number of nitrogens with one attached hydrogen (secondary N) is 1. The average molecular weight is 793 g/mol. The first-order valence-electron chi connectivity index (χ1n) is 16.9. The number of hydrogen-bond donors (Lipinski definition) is 1. The summed E-state index contributed by atoms with van der Waals surface area (Å²) in [4.78, 5) is 51.4. The summed E-state index contributed by atoms with van der Waals surface area (Å²) in [6, 6.07) is 10.4. The van der Waals surface area contributed by atoms with Crippen molar-refractivity contribution < 1.29 is 64.4 Å². The first-order valence-corrected chi connectivity index (χ1v) is 18.8. The van der Waals surface area contributed by atoms with Crippen molar-refractivity contribution in [1.29, 1.82) is 0 Å². The number of anilines is 1. The van der Waals surface area contributed by atoms with Gasteiger partial charge in [-0.1, -0.05) is 6.92 Å². The highest BCUT2D eigenvalue weighted by atomic mass is 35.5. The van der Waals surface area contributed by atoms with Crippen LogP contribution in [0.1, 0.15) is 55.5 Å². The quantitative estimate of drug-likeness (QED) is 0.138. The third-order valence-corrected chi connectivity index (χ3v) is 9.80. The van der Waals surface area contributed by atoms with E-state index >= 15 is 0 Å². The summed E-state index contributed by atoms with van der Waals surface area (Å²) in [5, 5.41) is 4.33. The zero-order chi connectivity index (χ0) is 39.3. The molecule has 2 aliphatic heterocycles. The van der Waals surface area contributed by atoms with E-state index in [0.29, 0.717) is 47.6 Å². The molecule has 292 valence electrons. The van der Waals surface area contributed by atoms with E-state index in [2.05, 4.69) is 5.32 Å². The lowest BCUT2D eigenvalue weighted by Crippen LogP contribution is -2.56. The zero-order valence-corrected chi connectivity index (χ0v) is 32.0. The van der Waals surface area contributed by atoms with E-state index in [-0.39, 0.29) is 29.4 Å². The molecule has 0 radical (unpaired) electrons. The largest absolute Gasteiger partial charge is 0.501 e. The molecule has 1 fully saturated rings. The maximum atomic E-state index is 13.8. The van der Waals surface area contributed by atoms with Crippen LogP contribution in [0.2, 0.25) is 0 Å². The van der Waals surface area contributed by atoms with Crippen LogP contribution in [0.5, 0.6) is 23.0 Å². The molecule has 0 spiro atoms. The predicted molar refractivity (Wildman–Crippen MR) is 193 cm³/mol. The second-order valence-electron chi connectivity index (χ2n) is 12.5. The second kappa shape index (κ2) is 17.0. The van der Waals surface area contributed by atoms with Gasteiger partial charge in [-0.3, -0.25) is 14.4 Å². The lowest BCUT2D eigenvalue weighted by molar-refractivity contribution is -0.242. The van der Waals surface area contributed by atoms with Crippen LogP contribution in [0.25, 0.3) is 10.8 Å². The van der Waals surface area contributed by atoms with Crippen LogP contribution >= 0.6 is 11.6 Å². The third kappa shape index (κ3) is 9.02. The number of alkyl halides is 1. The Labute approximate surface area is 317 Å². The van der Waals surface area contributed by atoms with E-state index in [1.807, 2.05) is 6.92 Å². The van der Waals surface area contributed by atoms with Gasteiger partial charge in [0, 0.05) is 68.5 Å². The summed E-state index contributed by atoms with van der Waals surface area (Å²) >= 11 is 6.26. The number of carbonyl (C=O) groups is 4. The van der Waals surface area contributed by atoms with Crippen LogP contribution in [-0.2, 0) is 43.7 Å². The Morgan fingerprint density at radius 1 is 0.944 bits per heavy atom. The Hall–Kier alpha value is -5.00. The van der Waals surface area contributed by atoms with Crippen LogP contribution in [0.4, 0.5) is 5.69 Å². The lowest BCUT2D eigenvalue weighted by atomic mass is 9.95. The zero-order valence-electron chi connectivity index (χ0n) is 30.4. The highest BCUT2D eigenvalue weighted by Gasteiger charge is 2.48. The van der Waals surface area contributed by atoms with Crippen molar-refractivity contribution in [3.63, 3.8) is 0 Å². The van der Waals surface area contributed by atoms with Crippen molar-refractivity contribution in [2.45, 2.75) is 64.1 Å². The number of nitrogens with zero attached hydrogens (tertiary/aromatic N) is 1. The average Bonchev–Trinajstić information content (AvgIpc) is 3.55. The fourth-order valence-electron chi connectivity index (χ4n) is 6.34. The predicted octanol–water partition coefficient (Wildman–Crippen LogP) is 4.31. The Balaban J connectivity index is 1.52. The highest BCUT2D eigenvalue weighted by Crippen LogP contribution is 2.44. The normalized spacial score (nSPS) is 20.5. The number of benzene rings is 3. The first kappa shape index (κ1) is 40.2. The third-order valence-electron chi connectivity index (χ3n) is 8.66. The Kier molecular flexibility index (Phi) is 12.6. The molecule has 1 N–H and O–H groups in total. The molecule has 54 heavy (non-hydrogen) atoms. The molecule has 5 rings (SSSR count). The van der Waals surface area contributed by atoms with Gasteiger partial charge < -0.3 is 47.0 Å². The summed E-state index contributed by atoms with van der Waals surface area (Å²) in [6.45, 7) is 5.05. The fraction of sp³-hybridized carbons (Fsp3) is 0.444. The number of rotatable bonds is 14. The van der Waals surface area contributed by atoms with Crippen LogP contribution < -0.4 is 23.2 Å². The molecular formula is C36H41ClN2O14S. The molecule has 0 bridgehead atoms. The van der Waals surface area contributed by atoms with Gasteiger partial charge in [-0.2, -0.15) is 0 Å². The molecule has 3 aromatic rings. The van der Waals surface area contributed by atoms with E-state index in [1.54, 1.807) is 25.2 Å². The van der Waals surface area contributed by atoms with Gasteiger partial charge >= 0.3 is 28.3 Å². The maximum Gasteiger partial charge on any atom is 0.501 e. The van der Waals surface area contributed by atoms with Crippen LogP contribution in [0.15, 0.2) is 42.5 Å². The molecular weight excluding hydrogens is 752 g/mol. The van der Waals surface area contributed by atoms with Crippen molar-refractivity contribution in [1.82, 2.24) is 4.90 Å². The van der Waals surface area contributed by atoms with Gasteiger partial charge in [0.15, 0.2) is 29.5 Å². The number of carbonyl (C=O) groups excluding carboxylic acids is 4. The van der Waals surface area contributed by atoms with Crippen molar-refractivity contribution in [3.05, 3.63) is 53.6 Å². The highest BCUT2D eigenvalue weighted by molar-refractivity contribution is 7.82. The smallest absolute Gasteiger partial charge is 0.497 e. The molecule has 16 nitrogen and oxygen atoms in total. The molecule has 2 aliphatic rings. The summed E-state index contributed by atoms with van der Waals surface area (Å²) in [5.74, 6) is -2.95. The van der Waals surface area contributed by atoms with Crippen molar-refractivity contribution >= 4 is 62.3 Å². The number of fused-ring (bicyclic) bond motifs is 3. The molecule has 1 amide bonds. The molecule has 0 saturated carbocycles. The number of halogens is 1. The molecule has 0 aliphatic carbocycles. The van der Waals surface area contributed by atoms with Crippen molar-refractivity contribution in [3.8, 4) is 23.0 Å². The molecule has 1 saturated heterocycles. The number of esters is 3. The lowest BCUT2D eigenvalue weighted by Gasteiger charge is -2.38. The van der Waals surface area contributed by atoms with Crippen LogP contribution in [0.3, 0.4) is 0 Å². The van der Waals surface area contributed by atoms with Gasteiger partial charge in [0.1, 0.15) is 11.9 Å². The first-order chi connectivity index (χ1) is 25.7. The monoisotopic (exact) mass is 792 g/mol. The summed E-state index contributed by atoms with van der Waals surface area (Å²) in [6.07, 6.45) is -5.29. The Morgan fingerprint density at radius 3 is 2.31 bits per heavy atom. The number of amides is 1. The topological polar surface area (TPSA) is 192 Å². The second-order valence-corrected chi connectivity index (χ2v) is 14.0. The minimum atomic E-state index is -4.98. The number of ether oxygens (including phenoxy) is 6. The molecule has 5 atom stereocenters. The van der Waals surface area contributed by atoms with E-state index in [4.69, 9.17) is 48.4 Å². The van der Waals surface area contributed by atoms with E-state index in [0.717, 1.165) is 32.6 Å². The summed E-state index contributed by atoms with van der Waals surface area (Å²) in [5.41, 5.74) is 1.55. The van der Waals surface area contributed by atoms with Gasteiger partial charge in [0.2, 0.25) is 6.29 Å². The van der Waals surface area contributed by atoms with Crippen LogP contribution in [0, 0.1) is 0 Å². The van der Waals surface area contributed by atoms with E-state index < -0.39 is 64.6 Å². The van der Waals surface area contributed by atoms with Gasteiger partial charge in [0.05, 0.1) is 20.6 Å². The van der Waals surface area contributed by atoms with Gasteiger partial charge in [0.25, 0.3) is 5.91 Å². The van der Waals surface area contributed by atoms with Crippen molar-refractivity contribution in [2.75, 3.05) is 45.6 Å². The molecule has 3 aromatic carbocycles. The minimum Gasteiger partial charge on any atom is -0.497 e. The SMILES string of the molecule is CCCN(C)C(=O)c1ccc(O[C@H]2C[C@@H](OC(C)=O)[C@H](OC(C)=O)[C@@H](C(=O)OC)O2)c(OS(=O)(=O)Oc2cc3c(c4cc(OC)ccc24)[C@H](CCl)CN3)c1. The minimum absolute atomic E-state index is 0.0552. The summed E-state index contributed by atoms with van der Waals surface area (Å²) in [7, 11) is -0.795. The molecule has 0 aromatic heterocycles. The van der Waals surface area contributed by atoms with Crippen molar-refractivity contribution in [2.24, 2.45) is 0 Å². The van der Waals surface area contributed by atoms with E-state index in [1.165, 1.54) is 30.2 Å². The van der Waals surface area contributed by atoms with Gasteiger partial charge in [-0.05, 0) is 53.8 Å².